The number of anilines is 1. The molecule has 6 nitrogen and oxygen atoms in total. The molecule has 0 radical (unpaired) electrons. The molecule has 0 spiro atoms. The second-order valence-corrected chi connectivity index (χ2v) is 4.67. The predicted molar refractivity (Wildman–Crippen MR) is 79.7 cm³/mol. The number of ether oxygens (including phenoxy) is 1. The van der Waals surface area contributed by atoms with E-state index in [9.17, 15) is 9.59 Å². The summed E-state index contributed by atoms with van der Waals surface area (Å²) in [5, 5.41) is 2.73. The van der Waals surface area contributed by atoms with Gasteiger partial charge in [-0.25, -0.2) is 4.98 Å². The molecule has 0 aliphatic heterocycles. The Kier molecular flexibility index (Phi) is 4.37. The van der Waals surface area contributed by atoms with Crippen molar-refractivity contribution >= 4 is 11.6 Å². The third kappa shape index (κ3) is 3.68. The van der Waals surface area contributed by atoms with Gasteiger partial charge in [-0.05, 0) is 26.0 Å². The number of aromatic amines is 1. The fourth-order valence-electron chi connectivity index (χ4n) is 2.03. The molecule has 0 fully saturated rings. The van der Waals surface area contributed by atoms with Crippen molar-refractivity contribution in [3.05, 3.63) is 51.7 Å². The lowest BCUT2D eigenvalue weighted by Crippen LogP contribution is -2.24. The fraction of sp³-hybridized carbons (Fsp3) is 0.267. The summed E-state index contributed by atoms with van der Waals surface area (Å²) in [6.07, 6.45) is -0.0222. The molecule has 1 heterocycles. The Bertz CT molecular complexity index is 722. The maximum absolute atomic E-state index is 12.0. The van der Waals surface area contributed by atoms with Crippen LogP contribution in [0.3, 0.4) is 0 Å². The van der Waals surface area contributed by atoms with Gasteiger partial charge in [-0.15, -0.1) is 0 Å². The van der Waals surface area contributed by atoms with E-state index in [1.807, 2.05) is 0 Å². The van der Waals surface area contributed by atoms with E-state index in [-0.39, 0.29) is 17.9 Å². The first-order valence-electron chi connectivity index (χ1n) is 6.50. The van der Waals surface area contributed by atoms with E-state index < -0.39 is 0 Å². The lowest BCUT2D eigenvalue weighted by atomic mass is 10.1. The van der Waals surface area contributed by atoms with Crippen molar-refractivity contribution in [2.24, 2.45) is 0 Å². The van der Waals surface area contributed by atoms with Gasteiger partial charge in [0, 0.05) is 23.0 Å². The van der Waals surface area contributed by atoms with Gasteiger partial charge in [-0.1, -0.05) is 6.07 Å². The molecule has 0 atom stereocenters. The number of benzene rings is 1. The number of aryl methyl sites for hydroxylation is 2. The van der Waals surface area contributed by atoms with E-state index >= 15 is 0 Å². The van der Waals surface area contributed by atoms with Gasteiger partial charge in [-0.3, -0.25) is 9.59 Å². The van der Waals surface area contributed by atoms with Crippen molar-refractivity contribution < 1.29 is 9.53 Å². The summed E-state index contributed by atoms with van der Waals surface area (Å²) in [4.78, 5) is 30.7. The SMILES string of the molecule is COc1cccc(NC(=O)Cc2c(C)nc(C)[nH]c2=O)c1. The van der Waals surface area contributed by atoms with Crippen molar-refractivity contribution in [1.82, 2.24) is 9.97 Å². The van der Waals surface area contributed by atoms with Crippen LogP contribution in [-0.4, -0.2) is 23.0 Å². The number of aromatic nitrogens is 2. The summed E-state index contributed by atoms with van der Waals surface area (Å²) in [5.74, 6) is 0.913. The van der Waals surface area contributed by atoms with Crippen molar-refractivity contribution in [2.75, 3.05) is 12.4 Å². The van der Waals surface area contributed by atoms with Crippen LogP contribution in [-0.2, 0) is 11.2 Å². The van der Waals surface area contributed by atoms with Crippen LogP contribution in [0.5, 0.6) is 5.75 Å². The van der Waals surface area contributed by atoms with E-state index in [2.05, 4.69) is 15.3 Å². The van der Waals surface area contributed by atoms with Gasteiger partial charge in [0.2, 0.25) is 5.91 Å². The smallest absolute Gasteiger partial charge is 0.254 e. The van der Waals surface area contributed by atoms with E-state index in [0.29, 0.717) is 28.5 Å². The first kappa shape index (κ1) is 14.8. The number of methoxy groups -OCH3 is 1. The van der Waals surface area contributed by atoms with Crippen molar-refractivity contribution in [3.63, 3.8) is 0 Å². The van der Waals surface area contributed by atoms with E-state index in [0.717, 1.165) is 0 Å². The molecule has 0 aliphatic carbocycles. The first-order chi connectivity index (χ1) is 9.99. The number of nitrogens with zero attached hydrogens (tertiary/aromatic N) is 1. The van der Waals surface area contributed by atoms with Gasteiger partial charge < -0.3 is 15.0 Å². The van der Waals surface area contributed by atoms with Gasteiger partial charge in [-0.2, -0.15) is 0 Å². The first-order valence-corrected chi connectivity index (χ1v) is 6.50. The second-order valence-electron chi connectivity index (χ2n) is 4.67. The average Bonchev–Trinajstić information content (AvgIpc) is 2.43. The number of hydrogen-bond donors (Lipinski definition) is 2. The van der Waals surface area contributed by atoms with Gasteiger partial charge in [0.05, 0.1) is 13.5 Å². The molecule has 6 heteroatoms. The van der Waals surface area contributed by atoms with Crippen molar-refractivity contribution in [2.45, 2.75) is 20.3 Å². The lowest BCUT2D eigenvalue weighted by Gasteiger charge is -2.08. The summed E-state index contributed by atoms with van der Waals surface area (Å²) in [6.45, 7) is 3.42. The predicted octanol–water partition coefficient (Wildman–Crippen LogP) is 1.58. The molecular weight excluding hydrogens is 270 g/mol. The zero-order valence-electron chi connectivity index (χ0n) is 12.2. The standard InChI is InChI=1S/C15H17N3O3/c1-9-13(15(20)17-10(2)16-9)8-14(19)18-11-5-4-6-12(7-11)21-3/h4-7H,8H2,1-3H3,(H,18,19)(H,16,17,20). The van der Waals surface area contributed by atoms with Crippen molar-refractivity contribution in [1.29, 1.82) is 0 Å². The molecule has 1 aromatic carbocycles. The third-order valence-electron chi connectivity index (χ3n) is 3.03. The molecule has 0 unspecified atom stereocenters. The maximum Gasteiger partial charge on any atom is 0.254 e. The minimum Gasteiger partial charge on any atom is -0.497 e. The maximum atomic E-state index is 12.0. The molecule has 0 saturated carbocycles. The van der Waals surface area contributed by atoms with Crippen LogP contribution in [0.15, 0.2) is 29.1 Å². The number of carbonyl (C=O) groups is 1. The number of carbonyl (C=O) groups excluding carboxylic acids is 1. The molecule has 2 N–H and O–H groups in total. The number of rotatable bonds is 4. The van der Waals surface area contributed by atoms with Crippen LogP contribution in [0.25, 0.3) is 0 Å². The van der Waals surface area contributed by atoms with E-state index in [1.165, 1.54) is 0 Å². The number of amides is 1. The van der Waals surface area contributed by atoms with Gasteiger partial charge in [0.1, 0.15) is 11.6 Å². The van der Waals surface area contributed by atoms with Gasteiger partial charge >= 0.3 is 0 Å². The number of hydrogen-bond acceptors (Lipinski definition) is 4. The summed E-state index contributed by atoms with van der Waals surface area (Å²) in [6, 6.07) is 7.03. The molecular formula is C15H17N3O3. The molecule has 1 amide bonds. The van der Waals surface area contributed by atoms with E-state index in [4.69, 9.17) is 4.74 Å². The minimum atomic E-state index is -0.277. The lowest BCUT2D eigenvalue weighted by molar-refractivity contribution is -0.115. The fourth-order valence-corrected chi connectivity index (χ4v) is 2.03. The Labute approximate surface area is 122 Å². The zero-order valence-corrected chi connectivity index (χ0v) is 12.2. The minimum absolute atomic E-state index is 0.0222. The Hall–Kier alpha value is -2.63. The van der Waals surface area contributed by atoms with Crippen LogP contribution in [0.2, 0.25) is 0 Å². The highest BCUT2D eigenvalue weighted by Gasteiger charge is 2.12. The normalized spacial score (nSPS) is 10.2. The third-order valence-corrected chi connectivity index (χ3v) is 3.03. The van der Waals surface area contributed by atoms with Crippen LogP contribution in [0.4, 0.5) is 5.69 Å². The molecule has 110 valence electrons. The highest BCUT2D eigenvalue weighted by molar-refractivity contribution is 5.92. The molecule has 0 aliphatic rings. The summed E-state index contributed by atoms with van der Waals surface area (Å²) < 4.78 is 5.09. The Morgan fingerprint density at radius 3 is 2.81 bits per heavy atom. The summed E-state index contributed by atoms with van der Waals surface area (Å²) in [7, 11) is 1.56. The monoisotopic (exact) mass is 287 g/mol. The highest BCUT2D eigenvalue weighted by atomic mass is 16.5. The van der Waals surface area contributed by atoms with Crippen LogP contribution >= 0.6 is 0 Å². The zero-order chi connectivity index (χ0) is 15.4. The Balaban J connectivity index is 2.13. The highest BCUT2D eigenvalue weighted by Crippen LogP contribution is 2.16. The largest absolute Gasteiger partial charge is 0.497 e. The summed E-state index contributed by atoms with van der Waals surface area (Å²) >= 11 is 0. The average molecular weight is 287 g/mol. The van der Waals surface area contributed by atoms with Crippen molar-refractivity contribution in [3.8, 4) is 5.75 Å². The van der Waals surface area contributed by atoms with E-state index in [1.54, 1.807) is 45.2 Å². The van der Waals surface area contributed by atoms with Gasteiger partial charge in [0.15, 0.2) is 0 Å². The van der Waals surface area contributed by atoms with Gasteiger partial charge in [0.25, 0.3) is 5.56 Å². The number of H-pyrrole nitrogens is 1. The Morgan fingerprint density at radius 1 is 1.38 bits per heavy atom. The molecule has 2 aromatic rings. The topological polar surface area (TPSA) is 84.1 Å². The molecule has 0 bridgehead atoms. The molecule has 1 aromatic heterocycles. The van der Waals surface area contributed by atoms with Crippen LogP contribution in [0.1, 0.15) is 17.1 Å². The molecule has 2 rings (SSSR count). The summed E-state index contributed by atoms with van der Waals surface area (Å²) in [5.41, 5.74) is 1.28. The Morgan fingerprint density at radius 2 is 2.14 bits per heavy atom. The number of nitrogens with one attached hydrogen (secondary N) is 2. The molecule has 21 heavy (non-hydrogen) atoms. The second kappa shape index (κ2) is 6.21. The quantitative estimate of drug-likeness (QED) is 0.894. The van der Waals surface area contributed by atoms with Crippen LogP contribution in [0, 0.1) is 13.8 Å². The van der Waals surface area contributed by atoms with Crippen LogP contribution < -0.4 is 15.6 Å². The molecule has 0 saturated heterocycles.